The van der Waals surface area contributed by atoms with Gasteiger partial charge >= 0.3 is 0 Å². The minimum absolute atomic E-state index is 0.179. The summed E-state index contributed by atoms with van der Waals surface area (Å²) in [5.74, 6) is 2.26. The van der Waals surface area contributed by atoms with Gasteiger partial charge < -0.3 is 10.4 Å². The first-order valence-corrected chi connectivity index (χ1v) is 7.94. The Morgan fingerprint density at radius 3 is 2.69 bits per heavy atom. The molecule has 2 unspecified atom stereocenters. The van der Waals surface area contributed by atoms with Crippen LogP contribution < -0.4 is 5.32 Å². The number of hydrogen-bond donors (Lipinski definition) is 2. The third-order valence-electron chi connectivity index (χ3n) is 3.25. The molecule has 1 aliphatic rings. The second-order valence-corrected chi connectivity index (χ2v) is 6.24. The zero-order chi connectivity index (χ0) is 11.8. The van der Waals surface area contributed by atoms with Crippen LogP contribution in [0.1, 0.15) is 39.0 Å². The zero-order valence-electron chi connectivity index (χ0n) is 10.3. The summed E-state index contributed by atoms with van der Waals surface area (Å²) in [6, 6.07) is 0.220. The molecule has 0 saturated heterocycles. The molecule has 0 aromatic rings. The van der Waals surface area contributed by atoms with E-state index in [1.54, 1.807) is 0 Å². The van der Waals surface area contributed by atoms with Crippen molar-refractivity contribution in [2.24, 2.45) is 5.92 Å². The van der Waals surface area contributed by atoms with Crippen LogP contribution in [0.4, 0.5) is 0 Å². The van der Waals surface area contributed by atoms with Gasteiger partial charge in [-0.2, -0.15) is 0 Å². The predicted molar refractivity (Wildman–Crippen MR) is 69.0 cm³/mol. The van der Waals surface area contributed by atoms with Crippen LogP contribution in [-0.2, 0) is 10.8 Å². The van der Waals surface area contributed by atoms with Gasteiger partial charge in [-0.15, -0.1) is 0 Å². The van der Waals surface area contributed by atoms with Gasteiger partial charge in [0.15, 0.2) is 0 Å². The minimum atomic E-state index is -0.717. The maximum Gasteiger partial charge on any atom is 0.0446 e. The molecule has 1 aliphatic carbocycles. The van der Waals surface area contributed by atoms with Crippen molar-refractivity contribution in [2.75, 3.05) is 24.7 Å². The van der Waals surface area contributed by atoms with Gasteiger partial charge in [-0.25, -0.2) is 0 Å². The number of hydrogen-bond acceptors (Lipinski definition) is 3. The van der Waals surface area contributed by atoms with E-state index in [0.717, 1.165) is 12.3 Å². The van der Waals surface area contributed by atoms with Crippen molar-refractivity contribution in [1.29, 1.82) is 0 Å². The molecule has 4 heteroatoms. The predicted octanol–water partition coefficient (Wildman–Crippen LogP) is 1.29. The molecule has 0 radical (unpaired) electrons. The normalized spacial score (nSPS) is 21.1. The van der Waals surface area contributed by atoms with Gasteiger partial charge in [0.1, 0.15) is 0 Å². The van der Waals surface area contributed by atoms with Crippen LogP contribution in [0.3, 0.4) is 0 Å². The highest BCUT2D eigenvalue weighted by Gasteiger charge is 2.19. The Balaban J connectivity index is 2.23. The maximum atomic E-state index is 11.9. The molecule has 0 heterocycles. The quantitative estimate of drug-likeness (QED) is 0.679. The van der Waals surface area contributed by atoms with Crippen molar-refractivity contribution < 1.29 is 9.32 Å². The molecule has 1 rings (SSSR count). The minimum Gasteiger partial charge on any atom is -0.396 e. The first-order valence-electron chi connectivity index (χ1n) is 6.45. The number of rotatable bonds is 8. The van der Waals surface area contributed by atoms with Gasteiger partial charge in [-0.3, -0.25) is 4.21 Å². The van der Waals surface area contributed by atoms with Crippen LogP contribution in [0.15, 0.2) is 0 Å². The van der Waals surface area contributed by atoms with E-state index >= 15 is 0 Å². The van der Waals surface area contributed by atoms with E-state index in [0.29, 0.717) is 18.1 Å². The topological polar surface area (TPSA) is 49.3 Å². The van der Waals surface area contributed by atoms with E-state index in [1.807, 2.05) is 6.92 Å². The standard InChI is InChI=1S/C12H25NO2S/c1-2-13-12(7-8-14)10-16(15)9-11-5-3-4-6-11/h11-14H,2-10H2,1H3. The second kappa shape index (κ2) is 8.20. The Morgan fingerprint density at radius 2 is 2.12 bits per heavy atom. The van der Waals surface area contributed by atoms with E-state index in [9.17, 15) is 4.21 Å². The number of nitrogens with one attached hydrogen (secondary N) is 1. The average molecular weight is 247 g/mol. The molecule has 0 aromatic heterocycles. The SMILES string of the molecule is CCNC(CCO)CS(=O)CC1CCCC1. The van der Waals surface area contributed by atoms with Crippen LogP contribution in [0.2, 0.25) is 0 Å². The Bertz CT molecular complexity index is 199. The first-order chi connectivity index (χ1) is 7.76. The van der Waals surface area contributed by atoms with Crippen molar-refractivity contribution in [3.8, 4) is 0 Å². The molecular formula is C12H25NO2S. The first kappa shape index (κ1) is 14.1. The summed E-state index contributed by atoms with van der Waals surface area (Å²) in [6.07, 6.45) is 5.86. The van der Waals surface area contributed by atoms with Gasteiger partial charge in [0.2, 0.25) is 0 Å². The number of aliphatic hydroxyl groups excluding tert-OH is 1. The fraction of sp³-hybridized carbons (Fsp3) is 1.00. The lowest BCUT2D eigenvalue weighted by Crippen LogP contribution is -2.35. The molecule has 0 spiro atoms. The van der Waals surface area contributed by atoms with Crippen LogP contribution in [0.5, 0.6) is 0 Å². The largest absolute Gasteiger partial charge is 0.396 e. The van der Waals surface area contributed by atoms with E-state index in [1.165, 1.54) is 25.7 Å². The van der Waals surface area contributed by atoms with Crippen molar-refractivity contribution in [2.45, 2.75) is 45.1 Å². The van der Waals surface area contributed by atoms with Crippen molar-refractivity contribution in [3.63, 3.8) is 0 Å². The molecule has 16 heavy (non-hydrogen) atoms. The summed E-state index contributed by atoms with van der Waals surface area (Å²) >= 11 is 0. The molecule has 0 aliphatic heterocycles. The summed E-state index contributed by atoms with van der Waals surface area (Å²) in [5, 5.41) is 12.2. The Labute approximate surface area is 101 Å². The lowest BCUT2D eigenvalue weighted by molar-refractivity contribution is 0.270. The van der Waals surface area contributed by atoms with Crippen LogP contribution in [0.25, 0.3) is 0 Å². The third-order valence-corrected chi connectivity index (χ3v) is 4.87. The fourth-order valence-electron chi connectivity index (χ4n) is 2.42. The van der Waals surface area contributed by atoms with Crippen molar-refractivity contribution in [3.05, 3.63) is 0 Å². The van der Waals surface area contributed by atoms with Gasteiger partial charge in [0.25, 0.3) is 0 Å². The Morgan fingerprint density at radius 1 is 1.44 bits per heavy atom. The van der Waals surface area contributed by atoms with Gasteiger partial charge in [0, 0.05) is 35.0 Å². The molecule has 1 saturated carbocycles. The lowest BCUT2D eigenvalue weighted by Gasteiger charge is -2.17. The summed E-state index contributed by atoms with van der Waals surface area (Å²) < 4.78 is 11.9. The Kier molecular flexibility index (Phi) is 7.25. The van der Waals surface area contributed by atoms with Crippen LogP contribution in [-0.4, -0.2) is 40.0 Å². The molecule has 1 fully saturated rings. The van der Waals surface area contributed by atoms with E-state index in [-0.39, 0.29) is 12.6 Å². The fourth-order valence-corrected chi connectivity index (χ4v) is 4.15. The highest BCUT2D eigenvalue weighted by Crippen LogP contribution is 2.25. The smallest absolute Gasteiger partial charge is 0.0446 e. The summed E-state index contributed by atoms with van der Waals surface area (Å²) in [5.41, 5.74) is 0. The van der Waals surface area contributed by atoms with Gasteiger partial charge in [-0.1, -0.05) is 19.8 Å². The molecule has 0 amide bonds. The summed E-state index contributed by atoms with van der Waals surface area (Å²) in [6.45, 7) is 3.11. The van der Waals surface area contributed by atoms with Crippen molar-refractivity contribution >= 4 is 10.8 Å². The average Bonchev–Trinajstić information content (AvgIpc) is 2.71. The van der Waals surface area contributed by atoms with E-state index in [2.05, 4.69) is 5.32 Å². The zero-order valence-corrected chi connectivity index (χ0v) is 11.1. The van der Waals surface area contributed by atoms with Gasteiger partial charge in [0.05, 0.1) is 0 Å². The Hall–Kier alpha value is 0.0700. The summed E-state index contributed by atoms with van der Waals surface area (Å²) in [7, 11) is -0.717. The summed E-state index contributed by atoms with van der Waals surface area (Å²) in [4.78, 5) is 0. The molecule has 0 aromatic carbocycles. The van der Waals surface area contributed by atoms with Crippen molar-refractivity contribution in [1.82, 2.24) is 5.32 Å². The second-order valence-electron chi connectivity index (χ2n) is 4.69. The van der Waals surface area contributed by atoms with E-state index in [4.69, 9.17) is 5.11 Å². The molecule has 2 atom stereocenters. The lowest BCUT2D eigenvalue weighted by atomic mass is 10.1. The monoisotopic (exact) mass is 247 g/mol. The van der Waals surface area contributed by atoms with E-state index < -0.39 is 10.8 Å². The number of aliphatic hydroxyl groups is 1. The van der Waals surface area contributed by atoms with Crippen LogP contribution in [0, 0.1) is 5.92 Å². The molecule has 0 bridgehead atoms. The maximum absolute atomic E-state index is 11.9. The van der Waals surface area contributed by atoms with Crippen LogP contribution >= 0.6 is 0 Å². The molecule has 3 nitrogen and oxygen atoms in total. The van der Waals surface area contributed by atoms with Gasteiger partial charge in [-0.05, 0) is 31.7 Å². The highest BCUT2D eigenvalue weighted by atomic mass is 32.2. The highest BCUT2D eigenvalue weighted by molar-refractivity contribution is 7.85. The molecule has 96 valence electrons. The third kappa shape index (κ3) is 5.41. The molecular weight excluding hydrogens is 222 g/mol. The molecule has 2 N–H and O–H groups in total.